The number of aromatic amines is 1. The molecule has 2 aromatic heterocycles. The van der Waals surface area contributed by atoms with Gasteiger partial charge in [0.25, 0.3) is 0 Å². The van der Waals surface area contributed by atoms with Gasteiger partial charge in [0.2, 0.25) is 0 Å². The number of fused-ring (bicyclic) bond motifs is 1. The number of H-pyrrole nitrogens is 1. The smallest absolute Gasteiger partial charge is 0.331 e. The number of aromatic nitrogens is 2. The van der Waals surface area contributed by atoms with Gasteiger partial charge in [-0.1, -0.05) is 0 Å². The number of anilines is 2. The standard InChI is InChI=1S/C11H11BrN4OS/c12-6-3-9(18-5-6)15-10-7-4-13-2-1-8(7)14-11(17)16-10/h3,5,13H,1-2,4H2,(H2,14,15,16,17). The Balaban J connectivity index is 2.00. The molecule has 0 aliphatic carbocycles. The van der Waals surface area contributed by atoms with Crippen LogP contribution in [-0.4, -0.2) is 16.5 Å². The summed E-state index contributed by atoms with van der Waals surface area (Å²) in [6.45, 7) is 1.62. The molecular weight excluding hydrogens is 316 g/mol. The fourth-order valence-electron chi connectivity index (χ4n) is 1.97. The summed E-state index contributed by atoms with van der Waals surface area (Å²) in [5.74, 6) is 0.648. The van der Waals surface area contributed by atoms with Crippen molar-refractivity contribution in [3.8, 4) is 0 Å². The number of rotatable bonds is 2. The van der Waals surface area contributed by atoms with Gasteiger partial charge in [-0.25, -0.2) is 4.79 Å². The van der Waals surface area contributed by atoms with Gasteiger partial charge >= 0.3 is 5.69 Å². The third kappa shape index (κ3) is 2.33. The highest BCUT2D eigenvalue weighted by Crippen LogP contribution is 2.28. The van der Waals surface area contributed by atoms with Crippen molar-refractivity contribution < 1.29 is 0 Å². The zero-order valence-electron chi connectivity index (χ0n) is 9.42. The summed E-state index contributed by atoms with van der Waals surface area (Å²) in [6, 6.07) is 1.97. The van der Waals surface area contributed by atoms with Gasteiger partial charge in [-0.05, 0) is 22.0 Å². The Morgan fingerprint density at radius 1 is 1.50 bits per heavy atom. The number of nitrogens with one attached hydrogen (secondary N) is 3. The third-order valence-corrected chi connectivity index (χ3v) is 4.39. The number of hydrogen-bond acceptors (Lipinski definition) is 5. The average Bonchev–Trinajstić information content (AvgIpc) is 2.74. The largest absolute Gasteiger partial charge is 0.347 e. The molecule has 0 spiro atoms. The van der Waals surface area contributed by atoms with E-state index in [1.54, 1.807) is 11.3 Å². The molecule has 1 aliphatic heterocycles. The van der Waals surface area contributed by atoms with Crippen molar-refractivity contribution in [1.82, 2.24) is 15.3 Å². The van der Waals surface area contributed by atoms with E-state index < -0.39 is 0 Å². The van der Waals surface area contributed by atoms with Crippen molar-refractivity contribution in [2.24, 2.45) is 0 Å². The predicted molar refractivity (Wildman–Crippen MR) is 75.6 cm³/mol. The molecule has 0 amide bonds. The summed E-state index contributed by atoms with van der Waals surface area (Å²) in [6.07, 6.45) is 0.829. The maximum absolute atomic E-state index is 11.5. The van der Waals surface area contributed by atoms with E-state index in [-0.39, 0.29) is 5.69 Å². The van der Waals surface area contributed by atoms with Crippen LogP contribution in [0.1, 0.15) is 11.3 Å². The monoisotopic (exact) mass is 326 g/mol. The third-order valence-electron chi connectivity index (χ3n) is 2.78. The second-order valence-electron chi connectivity index (χ2n) is 4.03. The van der Waals surface area contributed by atoms with Crippen molar-refractivity contribution >= 4 is 38.1 Å². The number of hydrogen-bond donors (Lipinski definition) is 3. The average molecular weight is 327 g/mol. The van der Waals surface area contributed by atoms with Crippen LogP contribution in [0.2, 0.25) is 0 Å². The molecule has 7 heteroatoms. The topological polar surface area (TPSA) is 69.8 Å². The molecular formula is C11H11BrN4OS. The van der Waals surface area contributed by atoms with Gasteiger partial charge in [-0.15, -0.1) is 11.3 Å². The molecule has 0 bridgehead atoms. The Morgan fingerprint density at radius 3 is 3.17 bits per heavy atom. The Hall–Kier alpha value is -1.18. The van der Waals surface area contributed by atoms with Crippen LogP contribution >= 0.6 is 27.3 Å². The first-order valence-electron chi connectivity index (χ1n) is 5.56. The minimum Gasteiger partial charge on any atom is -0.331 e. The molecule has 94 valence electrons. The maximum atomic E-state index is 11.5. The van der Waals surface area contributed by atoms with Crippen LogP contribution in [0.25, 0.3) is 0 Å². The van der Waals surface area contributed by atoms with Crippen LogP contribution in [0.15, 0.2) is 20.7 Å². The lowest BCUT2D eigenvalue weighted by Gasteiger charge is -2.19. The van der Waals surface area contributed by atoms with Gasteiger partial charge in [-0.2, -0.15) is 4.98 Å². The Kier molecular flexibility index (Phi) is 3.19. The summed E-state index contributed by atoms with van der Waals surface area (Å²) < 4.78 is 1.02. The van der Waals surface area contributed by atoms with Gasteiger partial charge in [0.15, 0.2) is 0 Å². The molecule has 3 heterocycles. The lowest BCUT2D eigenvalue weighted by molar-refractivity contribution is 0.624. The van der Waals surface area contributed by atoms with E-state index in [0.29, 0.717) is 5.82 Å². The highest BCUT2D eigenvalue weighted by atomic mass is 79.9. The minimum absolute atomic E-state index is 0.297. The van der Waals surface area contributed by atoms with Gasteiger partial charge in [-0.3, -0.25) is 0 Å². The van der Waals surface area contributed by atoms with Crippen molar-refractivity contribution in [2.75, 3.05) is 11.9 Å². The number of thiophene rings is 1. The summed E-state index contributed by atoms with van der Waals surface area (Å²) in [7, 11) is 0. The molecule has 0 aromatic carbocycles. The fraction of sp³-hybridized carbons (Fsp3) is 0.273. The molecule has 3 rings (SSSR count). The van der Waals surface area contributed by atoms with Gasteiger partial charge < -0.3 is 15.6 Å². The van der Waals surface area contributed by atoms with Crippen molar-refractivity contribution in [3.05, 3.63) is 37.7 Å². The van der Waals surface area contributed by atoms with Gasteiger partial charge in [0, 0.05) is 40.6 Å². The molecule has 0 saturated heterocycles. The van der Waals surface area contributed by atoms with Crippen LogP contribution in [0.5, 0.6) is 0 Å². The second-order valence-corrected chi connectivity index (χ2v) is 5.86. The molecule has 1 aliphatic rings. The van der Waals surface area contributed by atoms with Crippen molar-refractivity contribution in [1.29, 1.82) is 0 Å². The lowest BCUT2D eigenvalue weighted by atomic mass is 10.1. The molecule has 0 atom stereocenters. The first-order valence-corrected chi connectivity index (χ1v) is 7.23. The highest BCUT2D eigenvalue weighted by molar-refractivity contribution is 9.10. The van der Waals surface area contributed by atoms with Crippen molar-refractivity contribution in [3.63, 3.8) is 0 Å². The van der Waals surface area contributed by atoms with E-state index in [1.807, 2.05) is 11.4 Å². The normalized spacial score (nSPS) is 14.3. The predicted octanol–water partition coefficient (Wildman–Crippen LogP) is 1.98. The molecule has 5 nitrogen and oxygen atoms in total. The number of halogens is 1. The van der Waals surface area contributed by atoms with Crippen LogP contribution in [-0.2, 0) is 13.0 Å². The quantitative estimate of drug-likeness (QED) is 0.789. The van der Waals surface area contributed by atoms with E-state index in [9.17, 15) is 4.79 Å². The Morgan fingerprint density at radius 2 is 2.39 bits per heavy atom. The van der Waals surface area contributed by atoms with Gasteiger partial charge in [0.1, 0.15) is 5.82 Å². The Bertz CT molecular complexity index is 636. The van der Waals surface area contributed by atoms with E-state index in [4.69, 9.17) is 0 Å². The van der Waals surface area contributed by atoms with E-state index in [0.717, 1.165) is 40.2 Å². The Labute approximate surface area is 116 Å². The SMILES string of the molecule is O=c1nc(Nc2cc(Br)cs2)c2c([nH]1)CCNC2. The van der Waals surface area contributed by atoms with Crippen LogP contribution < -0.4 is 16.3 Å². The zero-order valence-corrected chi connectivity index (χ0v) is 11.8. The molecule has 3 N–H and O–H groups in total. The fourth-order valence-corrected chi connectivity index (χ4v) is 3.29. The van der Waals surface area contributed by atoms with Crippen LogP contribution in [0.3, 0.4) is 0 Å². The molecule has 2 aromatic rings. The number of nitrogens with zero attached hydrogens (tertiary/aromatic N) is 1. The maximum Gasteiger partial charge on any atom is 0.347 e. The van der Waals surface area contributed by atoms with Gasteiger partial charge in [0.05, 0.1) is 5.00 Å². The zero-order chi connectivity index (χ0) is 12.5. The van der Waals surface area contributed by atoms with E-state index in [1.165, 1.54) is 0 Å². The summed E-state index contributed by atoms with van der Waals surface area (Å²) in [5, 5.41) is 9.45. The van der Waals surface area contributed by atoms with E-state index in [2.05, 4.69) is 36.5 Å². The first-order chi connectivity index (χ1) is 8.72. The highest BCUT2D eigenvalue weighted by Gasteiger charge is 2.16. The minimum atomic E-state index is -0.297. The van der Waals surface area contributed by atoms with Crippen LogP contribution in [0.4, 0.5) is 10.8 Å². The second kappa shape index (κ2) is 4.83. The lowest BCUT2D eigenvalue weighted by Crippen LogP contribution is -2.29. The molecule has 0 fully saturated rings. The molecule has 0 unspecified atom stereocenters. The van der Waals surface area contributed by atoms with E-state index >= 15 is 0 Å². The molecule has 18 heavy (non-hydrogen) atoms. The first kappa shape index (κ1) is 11.9. The summed E-state index contributed by atoms with van der Waals surface area (Å²) in [4.78, 5) is 18.4. The summed E-state index contributed by atoms with van der Waals surface area (Å²) >= 11 is 4.97. The summed E-state index contributed by atoms with van der Waals surface area (Å²) in [5.41, 5.74) is 1.73. The van der Waals surface area contributed by atoms with Crippen molar-refractivity contribution in [2.45, 2.75) is 13.0 Å². The molecule has 0 radical (unpaired) electrons. The molecule has 0 saturated carbocycles. The van der Waals surface area contributed by atoms with Crippen LogP contribution in [0, 0.1) is 0 Å².